The Kier molecular flexibility index (Phi) is 11.7. The summed E-state index contributed by atoms with van der Waals surface area (Å²) < 4.78 is 31.4. The molecule has 3 heterocycles. The van der Waals surface area contributed by atoms with Crippen molar-refractivity contribution >= 4 is 11.7 Å². The average Bonchev–Trinajstić information content (AvgIpc) is 3.71. The molecule has 3 fully saturated rings. The number of aliphatic hydroxyl groups is 1. The highest BCUT2D eigenvalue weighted by molar-refractivity contribution is 5.89. The molecule has 0 unspecified atom stereocenters. The lowest BCUT2D eigenvalue weighted by atomic mass is 9.89. The zero-order valence-corrected chi connectivity index (χ0v) is 31.6. The lowest BCUT2D eigenvalue weighted by Crippen LogP contribution is -2.50. The van der Waals surface area contributed by atoms with Gasteiger partial charge in [0.25, 0.3) is 0 Å². The zero-order chi connectivity index (χ0) is 38.3. The van der Waals surface area contributed by atoms with E-state index >= 15 is 0 Å². The number of likely N-dealkylation sites (tertiary alicyclic amines) is 1. The first-order chi connectivity index (χ1) is 27.4. The standard InChI is InChI=1S/C46H49N3O7/c1-32-42(30-49-25-23-46(24-26-49)52-27-28-53-46)55-44(56-43(32)35-13-11-33(31-50)12-14-35)36-17-15-34(16-18-36)41-10-6-5-7-37(41)29-47-45(51)48-38-19-21-40(22-20-38)54-39-8-3-2-4-9-39/h2-22,32,42-44,50H,23-31H2,1H3,(H2,47,48,51)/t32-,42+,43+,44+/m0/s1. The third-order valence-electron chi connectivity index (χ3n) is 11.0. The number of hydrogen-bond acceptors (Lipinski definition) is 8. The fraction of sp³-hybridized carbons (Fsp3) is 0.326. The van der Waals surface area contributed by atoms with Crippen molar-refractivity contribution in [3.05, 3.63) is 150 Å². The topological polar surface area (TPSA) is 111 Å². The zero-order valence-electron chi connectivity index (χ0n) is 31.6. The van der Waals surface area contributed by atoms with Crippen molar-refractivity contribution in [3.8, 4) is 22.6 Å². The van der Waals surface area contributed by atoms with Crippen LogP contribution in [0.15, 0.2) is 127 Å². The number of piperidine rings is 1. The van der Waals surface area contributed by atoms with Crippen LogP contribution in [0.3, 0.4) is 0 Å². The first-order valence-electron chi connectivity index (χ1n) is 19.5. The van der Waals surface area contributed by atoms with Crippen LogP contribution in [0, 0.1) is 5.92 Å². The maximum Gasteiger partial charge on any atom is 0.319 e. The molecule has 0 aromatic heterocycles. The second-order valence-electron chi connectivity index (χ2n) is 14.8. The Balaban J connectivity index is 0.925. The Morgan fingerprint density at radius 2 is 1.45 bits per heavy atom. The maximum atomic E-state index is 12.9. The van der Waals surface area contributed by atoms with Crippen LogP contribution in [-0.2, 0) is 32.1 Å². The number of amides is 2. The summed E-state index contributed by atoms with van der Waals surface area (Å²) >= 11 is 0. The molecule has 3 saturated heterocycles. The fourth-order valence-corrected chi connectivity index (χ4v) is 7.80. The summed E-state index contributed by atoms with van der Waals surface area (Å²) in [6.45, 7) is 6.43. The molecule has 3 aliphatic rings. The normalized spacial score (nSPS) is 22.1. The number of carbonyl (C=O) groups excluding carboxylic acids is 1. The number of anilines is 1. The van der Waals surface area contributed by atoms with Crippen molar-refractivity contribution in [1.82, 2.24) is 10.2 Å². The molecular weight excluding hydrogens is 707 g/mol. The lowest BCUT2D eigenvalue weighted by molar-refractivity contribution is -0.278. The van der Waals surface area contributed by atoms with Gasteiger partial charge in [-0.3, -0.25) is 0 Å². The number of nitrogens with one attached hydrogen (secondary N) is 2. The number of nitrogens with zero attached hydrogens (tertiary/aromatic N) is 1. The van der Waals surface area contributed by atoms with Crippen molar-refractivity contribution in [2.75, 3.05) is 38.2 Å². The predicted molar refractivity (Wildman–Crippen MR) is 214 cm³/mol. The van der Waals surface area contributed by atoms with Gasteiger partial charge >= 0.3 is 6.03 Å². The predicted octanol–water partition coefficient (Wildman–Crippen LogP) is 8.59. The van der Waals surface area contributed by atoms with Gasteiger partial charge in [0.2, 0.25) is 0 Å². The molecule has 290 valence electrons. The van der Waals surface area contributed by atoms with E-state index in [9.17, 15) is 9.90 Å². The summed E-state index contributed by atoms with van der Waals surface area (Å²) in [6, 6.07) is 41.0. The Bertz CT molecular complexity index is 2030. The molecule has 1 spiro atoms. The molecule has 56 heavy (non-hydrogen) atoms. The van der Waals surface area contributed by atoms with Crippen LogP contribution in [0.5, 0.6) is 11.5 Å². The smallest absolute Gasteiger partial charge is 0.319 e. The quantitative estimate of drug-likeness (QED) is 0.123. The van der Waals surface area contributed by atoms with Crippen LogP contribution in [0.2, 0.25) is 0 Å². The molecule has 0 saturated carbocycles. The lowest BCUT2D eigenvalue weighted by Gasteiger charge is -2.44. The van der Waals surface area contributed by atoms with Gasteiger partial charge in [0.15, 0.2) is 12.1 Å². The molecule has 8 rings (SSSR count). The van der Waals surface area contributed by atoms with Crippen LogP contribution in [-0.4, -0.2) is 60.8 Å². The van der Waals surface area contributed by atoms with E-state index in [1.54, 1.807) is 0 Å². The number of aliphatic hydroxyl groups excluding tert-OH is 1. The van der Waals surface area contributed by atoms with Crippen molar-refractivity contribution in [3.63, 3.8) is 0 Å². The molecule has 3 aliphatic heterocycles. The number of para-hydroxylation sites is 1. The summed E-state index contributed by atoms with van der Waals surface area (Å²) in [5.74, 6) is 1.10. The first kappa shape index (κ1) is 37.8. The summed E-state index contributed by atoms with van der Waals surface area (Å²) in [7, 11) is 0. The minimum absolute atomic E-state index is 0.00117. The van der Waals surface area contributed by atoms with Crippen molar-refractivity contribution in [1.29, 1.82) is 0 Å². The third kappa shape index (κ3) is 8.97. The fourth-order valence-electron chi connectivity index (χ4n) is 7.80. The molecule has 10 heteroatoms. The van der Waals surface area contributed by atoms with E-state index in [-0.39, 0.29) is 30.8 Å². The van der Waals surface area contributed by atoms with E-state index in [1.807, 2.05) is 84.9 Å². The Morgan fingerprint density at radius 1 is 0.786 bits per heavy atom. The molecule has 5 aromatic rings. The molecule has 0 aliphatic carbocycles. The number of benzene rings is 5. The summed E-state index contributed by atoms with van der Waals surface area (Å²) in [5, 5.41) is 15.6. The van der Waals surface area contributed by atoms with Crippen LogP contribution in [0.25, 0.3) is 11.1 Å². The van der Waals surface area contributed by atoms with Gasteiger partial charge in [-0.25, -0.2) is 4.79 Å². The van der Waals surface area contributed by atoms with Crippen molar-refractivity contribution in [2.45, 2.75) is 57.2 Å². The van der Waals surface area contributed by atoms with Gasteiger partial charge in [0.1, 0.15) is 11.5 Å². The summed E-state index contributed by atoms with van der Waals surface area (Å²) in [6.07, 6.45) is 0.867. The van der Waals surface area contributed by atoms with E-state index in [0.717, 1.165) is 71.6 Å². The summed E-state index contributed by atoms with van der Waals surface area (Å²) in [4.78, 5) is 15.4. The van der Waals surface area contributed by atoms with Crippen LogP contribution in [0.4, 0.5) is 10.5 Å². The molecule has 2 amide bonds. The van der Waals surface area contributed by atoms with Crippen LogP contribution >= 0.6 is 0 Å². The maximum absolute atomic E-state index is 12.9. The second-order valence-corrected chi connectivity index (χ2v) is 14.8. The van der Waals surface area contributed by atoms with E-state index in [0.29, 0.717) is 31.2 Å². The van der Waals surface area contributed by atoms with Gasteiger partial charge < -0.3 is 44.3 Å². The van der Waals surface area contributed by atoms with Gasteiger partial charge in [0.05, 0.1) is 32.0 Å². The third-order valence-corrected chi connectivity index (χ3v) is 11.0. The molecule has 0 bridgehead atoms. The molecule has 5 aromatic carbocycles. The highest BCUT2D eigenvalue weighted by Gasteiger charge is 2.43. The van der Waals surface area contributed by atoms with Crippen LogP contribution in [0.1, 0.15) is 54.4 Å². The highest BCUT2D eigenvalue weighted by Crippen LogP contribution is 2.43. The minimum atomic E-state index is -0.565. The molecule has 0 radical (unpaired) electrons. The highest BCUT2D eigenvalue weighted by atomic mass is 16.7. The van der Waals surface area contributed by atoms with Gasteiger partial charge in [-0.1, -0.05) is 97.9 Å². The average molecular weight is 756 g/mol. The Morgan fingerprint density at radius 3 is 2.16 bits per heavy atom. The molecular formula is C46H49N3O7. The van der Waals surface area contributed by atoms with E-state index in [4.69, 9.17) is 23.7 Å². The van der Waals surface area contributed by atoms with Gasteiger partial charge in [-0.05, 0) is 64.2 Å². The Hall–Kier alpha value is -5.07. The van der Waals surface area contributed by atoms with E-state index < -0.39 is 12.1 Å². The largest absolute Gasteiger partial charge is 0.457 e. The summed E-state index contributed by atoms with van der Waals surface area (Å²) in [5.41, 5.74) is 6.57. The number of rotatable bonds is 11. The molecule has 10 nitrogen and oxygen atoms in total. The number of ether oxygens (including phenoxy) is 5. The van der Waals surface area contributed by atoms with Gasteiger partial charge in [-0.15, -0.1) is 0 Å². The molecule has 3 N–H and O–H groups in total. The van der Waals surface area contributed by atoms with E-state index in [2.05, 4.69) is 64.9 Å². The second kappa shape index (κ2) is 17.4. The van der Waals surface area contributed by atoms with Gasteiger partial charge in [-0.2, -0.15) is 0 Å². The van der Waals surface area contributed by atoms with Crippen LogP contribution < -0.4 is 15.4 Å². The van der Waals surface area contributed by atoms with Crippen molar-refractivity contribution < 1.29 is 33.6 Å². The SMILES string of the molecule is C[C@H]1[C@@H](CN2CCC3(CC2)OCCO3)O[C@@H](c2ccc(-c3ccccc3CNC(=O)Nc3ccc(Oc4ccccc4)cc3)cc2)O[C@H]1c1ccc(CO)cc1. The Labute approximate surface area is 328 Å². The van der Waals surface area contributed by atoms with Gasteiger partial charge in [0, 0.05) is 56.2 Å². The molecule has 4 atom stereocenters. The number of hydrogen-bond donors (Lipinski definition) is 3. The minimum Gasteiger partial charge on any atom is -0.457 e. The number of carbonyl (C=O) groups is 1. The number of urea groups is 1. The van der Waals surface area contributed by atoms with Crippen molar-refractivity contribution in [2.24, 2.45) is 5.92 Å². The van der Waals surface area contributed by atoms with E-state index in [1.165, 1.54) is 0 Å². The monoisotopic (exact) mass is 755 g/mol. The first-order valence-corrected chi connectivity index (χ1v) is 19.5.